The third-order valence-corrected chi connectivity index (χ3v) is 4.04. The number of aromatic nitrogens is 4. The van der Waals surface area contributed by atoms with Crippen LogP contribution in [0.1, 0.15) is 5.82 Å². The zero-order valence-corrected chi connectivity index (χ0v) is 12.6. The minimum atomic E-state index is 0.788. The van der Waals surface area contributed by atoms with Gasteiger partial charge in [0.25, 0.3) is 0 Å². The highest BCUT2D eigenvalue weighted by Gasteiger charge is 2.10. The monoisotopic (exact) mass is 352 g/mol. The Morgan fingerprint density at radius 3 is 2.67 bits per heavy atom. The van der Waals surface area contributed by atoms with Gasteiger partial charge < -0.3 is 4.57 Å². The van der Waals surface area contributed by atoms with E-state index in [0.717, 1.165) is 17.2 Å². The summed E-state index contributed by atoms with van der Waals surface area (Å²) in [4.78, 5) is 4.47. The van der Waals surface area contributed by atoms with Gasteiger partial charge in [-0.2, -0.15) is 5.10 Å². The Balaban J connectivity index is 2.21. The van der Waals surface area contributed by atoms with E-state index in [1.54, 1.807) is 4.68 Å². The van der Waals surface area contributed by atoms with Gasteiger partial charge in [-0.25, -0.2) is 4.98 Å². The summed E-state index contributed by atoms with van der Waals surface area (Å²) in [5, 5.41) is 5.67. The van der Waals surface area contributed by atoms with Crippen LogP contribution in [0.25, 0.3) is 22.3 Å². The minimum absolute atomic E-state index is 0.788. The molecular weight excluding hydrogens is 339 g/mol. The molecule has 0 atom stereocenters. The van der Waals surface area contributed by atoms with E-state index in [9.17, 15) is 0 Å². The van der Waals surface area contributed by atoms with E-state index in [1.165, 1.54) is 14.5 Å². The van der Waals surface area contributed by atoms with E-state index in [-0.39, 0.29) is 0 Å². The second-order valence-corrected chi connectivity index (χ2v) is 5.59. The molecular formula is C13H13IN4. The van der Waals surface area contributed by atoms with Crippen LogP contribution < -0.4 is 0 Å². The maximum atomic E-state index is 4.47. The molecule has 0 saturated carbocycles. The third-order valence-electron chi connectivity index (χ3n) is 3.18. The zero-order chi connectivity index (χ0) is 12.9. The van der Waals surface area contributed by atoms with E-state index in [1.807, 2.05) is 14.0 Å². The van der Waals surface area contributed by atoms with Crippen molar-refractivity contribution in [2.45, 2.75) is 6.92 Å². The number of halogens is 1. The lowest BCUT2D eigenvalue weighted by Crippen LogP contribution is -1.92. The molecule has 4 nitrogen and oxygen atoms in total. The van der Waals surface area contributed by atoms with Crippen molar-refractivity contribution < 1.29 is 0 Å². The quantitative estimate of drug-likeness (QED) is 0.632. The fraction of sp³-hybridized carbons (Fsp3) is 0.231. The summed E-state index contributed by atoms with van der Waals surface area (Å²) in [6.07, 6.45) is 2.13. The van der Waals surface area contributed by atoms with Crippen molar-refractivity contribution in [2.24, 2.45) is 14.1 Å². The number of fused-ring (bicyclic) bond motifs is 1. The van der Waals surface area contributed by atoms with Crippen molar-refractivity contribution in [3.63, 3.8) is 0 Å². The molecule has 0 bridgehead atoms. The predicted octanol–water partition coefficient (Wildman–Crippen LogP) is 2.89. The van der Waals surface area contributed by atoms with Gasteiger partial charge in [0.2, 0.25) is 0 Å². The van der Waals surface area contributed by atoms with Gasteiger partial charge in [0.05, 0.1) is 0 Å². The predicted molar refractivity (Wildman–Crippen MR) is 80.4 cm³/mol. The Bertz CT molecular complexity index is 719. The number of benzene rings is 1. The van der Waals surface area contributed by atoms with Crippen LogP contribution >= 0.6 is 22.6 Å². The summed E-state index contributed by atoms with van der Waals surface area (Å²) < 4.78 is 5.19. The highest BCUT2D eigenvalue weighted by molar-refractivity contribution is 14.1. The molecule has 2 aromatic heterocycles. The zero-order valence-electron chi connectivity index (χ0n) is 10.5. The molecule has 2 heterocycles. The lowest BCUT2D eigenvalue weighted by atomic mass is 10.1. The average Bonchev–Trinajstić information content (AvgIpc) is 2.81. The van der Waals surface area contributed by atoms with E-state index >= 15 is 0 Å². The van der Waals surface area contributed by atoms with Crippen LogP contribution in [0.2, 0.25) is 0 Å². The standard InChI is InChI=1S/C13H13IN4/c1-8-15-13(16-18(8)3)9-4-5-12-10(6-9)11(14)7-17(12)2/h4-7H,1-3H3. The summed E-state index contributed by atoms with van der Waals surface area (Å²) in [6, 6.07) is 6.36. The first-order valence-corrected chi connectivity index (χ1v) is 6.77. The van der Waals surface area contributed by atoms with Crippen LogP contribution in [0.15, 0.2) is 24.4 Å². The van der Waals surface area contributed by atoms with Gasteiger partial charge >= 0.3 is 0 Å². The molecule has 0 fully saturated rings. The van der Waals surface area contributed by atoms with Crippen molar-refractivity contribution in [1.29, 1.82) is 0 Å². The average molecular weight is 352 g/mol. The normalized spacial score (nSPS) is 11.3. The summed E-state index contributed by atoms with van der Waals surface area (Å²) in [6.45, 7) is 1.96. The van der Waals surface area contributed by atoms with Crippen LogP contribution in [0.4, 0.5) is 0 Å². The van der Waals surface area contributed by atoms with Gasteiger partial charge in [0, 0.05) is 40.3 Å². The van der Waals surface area contributed by atoms with Crippen molar-refractivity contribution >= 4 is 33.5 Å². The summed E-state index contributed by atoms with van der Waals surface area (Å²) in [5.74, 6) is 1.71. The molecule has 1 aromatic carbocycles. The molecule has 0 aliphatic heterocycles. The fourth-order valence-corrected chi connectivity index (χ4v) is 2.92. The molecule has 92 valence electrons. The number of hydrogen-bond acceptors (Lipinski definition) is 2. The molecule has 0 aliphatic carbocycles. The van der Waals surface area contributed by atoms with Gasteiger partial charge in [0.1, 0.15) is 5.82 Å². The lowest BCUT2D eigenvalue weighted by molar-refractivity contribution is 0.736. The fourth-order valence-electron chi connectivity index (χ4n) is 2.07. The minimum Gasteiger partial charge on any atom is -0.349 e. The molecule has 5 heteroatoms. The van der Waals surface area contributed by atoms with E-state index < -0.39 is 0 Å². The highest BCUT2D eigenvalue weighted by Crippen LogP contribution is 2.27. The number of nitrogens with zero attached hydrogens (tertiary/aromatic N) is 4. The smallest absolute Gasteiger partial charge is 0.181 e. The van der Waals surface area contributed by atoms with Crippen molar-refractivity contribution in [3.05, 3.63) is 33.8 Å². The molecule has 0 amide bonds. The van der Waals surface area contributed by atoms with Crippen LogP contribution in [-0.2, 0) is 14.1 Å². The largest absolute Gasteiger partial charge is 0.349 e. The topological polar surface area (TPSA) is 35.6 Å². The van der Waals surface area contributed by atoms with Crippen LogP contribution in [-0.4, -0.2) is 19.3 Å². The van der Waals surface area contributed by atoms with Crippen molar-refractivity contribution in [2.75, 3.05) is 0 Å². The molecule has 0 saturated heterocycles. The Morgan fingerprint density at radius 2 is 2.00 bits per heavy atom. The Labute approximate surface area is 119 Å². The molecule has 0 radical (unpaired) electrons. The van der Waals surface area contributed by atoms with Gasteiger partial charge in [-0.3, -0.25) is 4.68 Å². The Morgan fingerprint density at radius 1 is 1.22 bits per heavy atom. The Kier molecular flexibility index (Phi) is 2.65. The van der Waals surface area contributed by atoms with E-state index in [0.29, 0.717) is 0 Å². The SMILES string of the molecule is Cc1nc(-c2ccc3c(c2)c(I)cn3C)nn1C. The number of hydrogen-bond donors (Lipinski definition) is 0. The molecule has 18 heavy (non-hydrogen) atoms. The molecule has 3 aromatic rings. The van der Waals surface area contributed by atoms with E-state index in [2.05, 4.69) is 68.7 Å². The molecule has 3 rings (SSSR count). The summed E-state index contributed by atoms with van der Waals surface area (Å²) in [5.41, 5.74) is 2.30. The van der Waals surface area contributed by atoms with Crippen molar-refractivity contribution in [3.8, 4) is 11.4 Å². The highest BCUT2D eigenvalue weighted by atomic mass is 127. The van der Waals surface area contributed by atoms with Crippen LogP contribution in [0.3, 0.4) is 0 Å². The molecule has 0 N–H and O–H groups in total. The lowest BCUT2D eigenvalue weighted by Gasteiger charge is -1.98. The maximum Gasteiger partial charge on any atom is 0.181 e. The van der Waals surface area contributed by atoms with Gasteiger partial charge in [0.15, 0.2) is 5.82 Å². The van der Waals surface area contributed by atoms with Gasteiger partial charge in [-0.15, -0.1) is 0 Å². The first-order valence-electron chi connectivity index (χ1n) is 5.69. The molecule has 0 unspecified atom stereocenters. The molecule has 0 aliphatic rings. The first kappa shape index (κ1) is 11.7. The van der Waals surface area contributed by atoms with Crippen molar-refractivity contribution in [1.82, 2.24) is 19.3 Å². The first-order chi connectivity index (χ1) is 8.56. The van der Waals surface area contributed by atoms with Crippen LogP contribution in [0, 0.1) is 10.5 Å². The van der Waals surface area contributed by atoms with Gasteiger partial charge in [-0.1, -0.05) is 0 Å². The second-order valence-electron chi connectivity index (χ2n) is 4.43. The second kappa shape index (κ2) is 4.08. The summed E-state index contributed by atoms with van der Waals surface area (Å²) >= 11 is 2.36. The van der Waals surface area contributed by atoms with Crippen LogP contribution in [0.5, 0.6) is 0 Å². The Hall–Kier alpha value is -1.37. The number of rotatable bonds is 1. The third kappa shape index (κ3) is 1.73. The van der Waals surface area contributed by atoms with E-state index in [4.69, 9.17) is 0 Å². The summed E-state index contributed by atoms with van der Waals surface area (Å²) in [7, 11) is 3.98. The maximum absolute atomic E-state index is 4.47. The number of aryl methyl sites for hydroxylation is 3. The van der Waals surface area contributed by atoms with Gasteiger partial charge in [-0.05, 0) is 47.7 Å². The molecule has 0 spiro atoms.